The third kappa shape index (κ3) is 3.48. The molecule has 0 aliphatic carbocycles. The molecule has 0 saturated heterocycles. The number of rotatable bonds is 6. The summed E-state index contributed by atoms with van der Waals surface area (Å²) in [4.78, 5) is 4.11. The van der Waals surface area contributed by atoms with E-state index < -0.39 is 0 Å². The molecule has 0 aliphatic heterocycles. The molecule has 0 bridgehead atoms. The molecule has 0 radical (unpaired) electrons. The monoisotopic (exact) mass is 326 g/mol. The number of hydrogen-bond acceptors (Lipinski definition) is 4. The Labute approximate surface area is 138 Å². The van der Waals surface area contributed by atoms with E-state index in [9.17, 15) is 4.39 Å². The number of aromatic nitrogens is 4. The van der Waals surface area contributed by atoms with Crippen molar-refractivity contribution >= 4 is 11.8 Å². The zero-order valence-corrected chi connectivity index (χ0v) is 13.2. The van der Waals surface area contributed by atoms with Gasteiger partial charge in [0.1, 0.15) is 5.82 Å². The molecule has 0 spiro atoms. The Morgan fingerprint density at radius 3 is 2.78 bits per heavy atom. The summed E-state index contributed by atoms with van der Waals surface area (Å²) in [5.74, 6) is 1.02. The van der Waals surface area contributed by atoms with E-state index in [1.807, 2.05) is 22.8 Å². The van der Waals surface area contributed by atoms with Crippen LogP contribution in [0, 0.1) is 5.82 Å². The second-order valence-corrected chi connectivity index (χ2v) is 5.77. The summed E-state index contributed by atoms with van der Waals surface area (Å²) in [6, 6.07) is 10.5. The van der Waals surface area contributed by atoms with Crippen molar-refractivity contribution in [2.24, 2.45) is 0 Å². The van der Waals surface area contributed by atoms with Crippen molar-refractivity contribution in [2.75, 3.05) is 0 Å². The average Bonchev–Trinajstić information content (AvgIpc) is 2.98. The van der Waals surface area contributed by atoms with E-state index in [1.165, 1.54) is 17.8 Å². The molecular weight excluding hydrogens is 311 g/mol. The van der Waals surface area contributed by atoms with Crippen molar-refractivity contribution < 1.29 is 4.39 Å². The minimum atomic E-state index is -0.206. The van der Waals surface area contributed by atoms with Gasteiger partial charge in [-0.3, -0.25) is 9.55 Å². The maximum atomic E-state index is 13.7. The van der Waals surface area contributed by atoms with Gasteiger partial charge in [0.05, 0.1) is 0 Å². The highest BCUT2D eigenvalue weighted by Gasteiger charge is 2.14. The number of pyridine rings is 1. The van der Waals surface area contributed by atoms with Crippen LogP contribution in [0.25, 0.3) is 11.4 Å². The van der Waals surface area contributed by atoms with Crippen LogP contribution in [0.15, 0.2) is 66.6 Å². The lowest BCUT2D eigenvalue weighted by Gasteiger charge is -2.07. The normalized spacial score (nSPS) is 10.7. The Kier molecular flexibility index (Phi) is 4.83. The van der Waals surface area contributed by atoms with Crippen molar-refractivity contribution in [3.05, 3.63) is 72.8 Å². The fourth-order valence-electron chi connectivity index (χ4n) is 2.16. The summed E-state index contributed by atoms with van der Waals surface area (Å²) in [5, 5.41) is 9.21. The van der Waals surface area contributed by atoms with Crippen LogP contribution in [0.5, 0.6) is 0 Å². The Morgan fingerprint density at radius 2 is 2.04 bits per heavy atom. The molecule has 0 fully saturated rings. The number of halogens is 1. The van der Waals surface area contributed by atoms with Crippen molar-refractivity contribution in [3.8, 4) is 11.4 Å². The van der Waals surface area contributed by atoms with Crippen molar-refractivity contribution in [2.45, 2.75) is 17.5 Å². The molecule has 0 aliphatic rings. The third-order valence-corrected chi connectivity index (χ3v) is 4.28. The molecule has 4 nitrogen and oxygen atoms in total. The molecule has 0 N–H and O–H groups in total. The summed E-state index contributed by atoms with van der Waals surface area (Å²) in [7, 11) is 0. The molecule has 2 heterocycles. The van der Waals surface area contributed by atoms with Gasteiger partial charge in [-0.2, -0.15) is 0 Å². The van der Waals surface area contributed by atoms with Gasteiger partial charge < -0.3 is 0 Å². The topological polar surface area (TPSA) is 43.6 Å². The van der Waals surface area contributed by atoms with Crippen LogP contribution in [0.4, 0.5) is 4.39 Å². The molecule has 3 rings (SSSR count). The van der Waals surface area contributed by atoms with E-state index in [4.69, 9.17) is 0 Å². The van der Waals surface area contributed by atoms with Crippen molar-refractivity contribution in [3.63, 3.8) is 0 Å². The molecule has 6 heteroatoms. The summed E-state index contributed by atoms with van der Waals surface area (Å²) in [6.45, 7) is 4.36. The second kappa shape index (κ2) is 7.19. The van der Waals surface area contributed by atoms with Gasteiger partial charge in [0.15, 0.2) is 11.0 Å². The van der Waals surface area contributed by atoms with Gasteiger partial charge in [-0.25, -0.2) is 4.39 Å². The van der Waals surface area contributed by atoms with Gasteiger partial charge in [0, 0.05) is 30.3 Å². The fourth-order valence-corrected chi connectivity index (χ4v) is 3.09. The van der Waals surface area contributed by atoms with E-state index in [-0.39, 0.29) is 5.82 Å². The predicted octanol–water partition coefficient (Wildman–Crippen LogP) is 3.96. The van der Waals surface area contributed by atoms with Crippen molar-refractivity contribution in [1.82, 2.24) is 19.7 Å². The van der Waals surface area contributed by atoms with E-state index in [2.05, 4.69) is 21.8 Å². The van der Waals surface area contributed by atoms with Gasteiger partial charge in [-0.1, -0.05) is 36.0 Å². The minimum Gasteiger partial charge on any atom is -0.298 e. The maximum Gasteiger partial charge on any atom is 0.192 e. The van der Waals surface area contributed by atoms with Crippen molar-refractivity contribution in [1.29, 1.82) is 0 Å². The van der Waals surface area contributed by atoms with Crippen LogP contribution in [-0.4, -0.2) is 19.7 Å². The first-order valence-corrected chi connectivity index (χ1v) is 8.09. The Balaban J connectivity index is 1.86. The van der Waals surface area contributed by atoms with Gasteiger partial charge in [0.25, 0.3) is 0 Å². The van der Waals surface area contributed by atoms with Gasteiger partial charge >= 0.3 is 0 Å². The first-order chi connectivity index (χ1) is 11.3. The van der Waals surface area contributed by atoms with E-state index >= 15 is 0 Å². The van der Waals surface area contributed by atoms with Crippen LogP contribution in [0.1, 0.15) is 5.56 Å². The quantitative estimate of drug-likeness (QED) is 0.508. The SMILES string of the molecule is C=CCn1c(SCc2ccccc2F)nnc1-c1cccnc1. The molecular formula is C17H15FN4S. The average molecular weight is 326 g/mol. The summed E-state index contributed by atoms with van der Waals surface area (Å²) in [5.41, 5.74) is 1.54. The van der Waals surface area contributed by atoms with Gasteiger partial charge in [-0.05, 0) is 23.8 Å². The van der Waals surface area contributed by atoms with Gasteiger partial charge in [-0.15, -0.1) is 16.8 Å². The number of nitrogens with zero attached hydrogens (tertiary/aromatic N) is 4. The molecule has 0 unspecified atom stereocenters. The zero-order valence-electron chi connectivity index (χ0n) is 12.4. The summed E-state index contributed by atoms with van der Waals surface area (Å²) >= 11 is 1.45. The summed E-state index contributed by atoms with van der Waals surface area (Å²) in [6.07, 6.45) is 5.25. The summed E-state index contributed by atoms with van der Waals surface area (Å²) < 4.78 is 15.7. The van der Waals surface area contributed by atoms with Crippen LogP contribution in [-0.2, 0) is 12.3 Å². The molecule has 0 atom stereocenters. The Hall–Kier alpha value is -2.47. The number of allylic oxidation sites excluding steroid dienone is 1. The highest BCUT2D eigenvalue weighted by atomic mass is 32.2. The van der Waals surface area contributed by atoms with Gasteiger partial charge in [0.2, 0.25) is 0 Å². The highest BCUT2D eigenvalue weighted by Crippen LogP contribution is 2.26. The molecule has 2 aromatic heterocycles. The van der Waals surface area contributed by atoms with Crippen LogP contribution >= 0.6 is 11.8 Å². The van der Waals surface area contributed by atoms with E-state index in [0.717, 1.165) is 16.5 Å². The van der Waals surface area contributed by atoms with Crippen LogP contribution < -0.4 is 0 Å². The fraction of sp³-hybridized carbons (Fsp3) is 0.118. The molecule has 0 saturated carbocycles. The zero-order chi connectivity index (χ0) is 16.1. The smallest absolute Gasteiger partial charge is 0.192 e. The number of thioether (sulfide) groups is 1. The lowest BCUT2D eigenvalue weighted by molar-refractivity contribution is 0.617. The lowest BCUT2D eigenvalue weighted by atomic mass is 10.2. The van der Waals surface area contributed by atoms with Crippen LogP contribution in [0.2, 0.25) is 0 Å². The molecule has 3 aromatic rings. The highest BCUT2D eigenvalue weighted by molar-refractivity contribution is 7.98. The Morgan fingerprint density at radius 1 is 1.17 bits per heavy atom. The largest absolute Gasteiger partial charge is 0.298 e. The number of hydrogen-bond donors (Lipinski definition) is 0. The molecule has 23 heavy (non-hydrogen) atoms. The molecule has 1 aromatic carbocycles. The second-order valence-electron chi connectivity index (χ2n) is 4.83. The molecule has 116 valence electrons. The first kappa shape index (κ1) is 15.4. The van der Waals surface area contributed by atoms with E-state index in [0.29, 0.717) is 17.9 Å². The molecule has 0 amide bonds. The van der Waals surface area contributed by atoms with Crippen LogP contribution in [0.3, 0.4) is 0 Å². The lowest BCUT2D eigenvalue weighted by Crippen LogP contribution is -2.01. The standard InChI is InChI=1S/C17H15FN4S/c1-2-10-22-16(13-7-5-9-19-11-13)20-21-17(22)23-12-14-6-3-4-8-15(14)18/h2-9,11H,1,10,12H2. The predicted molar refractivity (Wildman–Crippen MR) is 89.4 cm³/mol. The third-order valence-electron chi connectivity index (χ3n) is 3.26. The first-order valence-electron chi connectivity index (χ1n) is 7.10. The van der Waals surface area contributed by atoms with E-state index in [1.54, 1.807) is 30.6 Å². The minimum absolute atomic E-state index is 0.206. The maximum absolute atomic E-state index is 13.7. The Bertz CT molecular complexity index is 801. The number of benzene rings is 1.